The number of para-hydroxylation sites is 1. The molecule has 0 unspecified atom stereocenters. The van der Waals surface area contributed by atoms with Crippen molar-refractivity contribution in [3.8, 4) is 0 Å². The Kier molecular flexibility index (Phi) is 5.64. The van der Waals surface area contributed by atoms with E-state index < -0.39 is 32.2 Å². The molecule has 9 heteroatoms. The summed E-state index contributed by atoms with van der Waals surface area (Å²) in [4.78, 5) is 13.4. The van der Waals surface area contributed by atoms with Gasteiger partial charge in [0, 0.05) is 6.54 Å². The van der Waals surface area contributed by atoms with E-state index in [0.717, 1.165) is 23.6 Å². The van der Waals surface area contributed by atoms with Crippen LogP contribution in [-0.2, 0) is 21.1 Å². The van der Waals surface area contributed by atoms with Gasteiger partial charge in [-0.15, -0.1) is 0 Å². The summed E-state index contributed by atoms with van der Waals surface area (Å²) in [5.41, 5.74) is 1.89. The van der Waals surface area contributed by atoms with Crippen LogP contribution in [0.4, 0.5) is 24.5 Å². The largest absolute Gasteiger partial charge is 0.360 e. The van der Waals surface area contributed by atoms with E-state index in [9.17, 15) is 26.4 Å². The zero-order valence-corrected chi connectivity index (χ0v) is 15.9. The van der Waals surface area contributed by atoms with Crippen LogP contribution in [0.15, 0.2) is 41.3 Å². The van der Waals surface area contributed by atoms with Crippen molar-refractivity contribution >= 4 is 27.1 Å². The summed E-state index contributed by atoms with van der Waals surface area (Å²) >= 11 is 0. The molecule has 1 amide bonds. The molecule has 0 atom stereocenters. The van der Waals surface area contributed by atoms with Gasteiger partial charge in [-0.25, -0.2) is 12.8 Å². The average molecular weight is 412 g/mol. The number of carbonyl (C=O) groups is 1. The number of anilines is 2. The smallest absolute Gasteiger partial charge is 0.341 e. The van der Waals surface area contributed by atoms with Gasteiger partial charge in [0.2, 0.25) is 15.7 Å². The van der Waals surface area contributed by atoms with Crippen molar-refractivity contribution in [3.05, 3.63) is 53.3 Å². The van der Waals surface area contributed by atoms with E-state index in [1.807, 2.05) is 6.92 Å². The standard InChI is InChI=1S/C19H19F3N2O3S/c1-12-8-9-14(20)18-13(12)5-4-10-24(18)11-17(25)23-15-6-2-3-7-16(15)28(26,27)19(21)22/h2-3,6-9,19H,4-5,10-11H2,1H3,(H,23,25). The second-order valence-electron chi connectivity index (χ2n) is 6.57. The van der Waals surface area contributed by atoms with Crippen molar-refractivity contribution in [2.45, 2.75) is 30.4 Å². The Morgan fingerprint density at radius 1 is 1.21 bits per heavy atom. The first-order chi connectivity index (χ1) is 13.2. The van der Waals surface area contributed by atoms with Gasteiger partial charge < -0.3 is 10.2 Å². The number of hydrogen-bond donors (Lipinski definition) is 1. The monoisotopic (exact) mass is 412 g/mol. The Morgan fingerprint density at radius 2 is 1.93 bits per heavy atom. The first kappa shape index (κ1) is 20.2. The minimum Gasteiger partial charge on any atom is -0.360 e. The first-order valence-corrected chi connectivity index (χ1v) is 10.2. The summed E-state index contributed by atoms with van der Waals surface area (Å²) in [5, 5.41) is 2.37. The van der Waals surface area contributed by atoms with Crippen molar-refractivity contribution in [1.82, 2.24) is 0 Å². The molecule has 0 saturated carbocycles. The normalized spacial score (nSPS) is 14.1. The van der Waals surface area contributed by atoms with Gasteiger partial charge in [0.1, 0.15) is 5.82 Å². The first-order valence-electron chi connectivity index (χ1n) is 8.65. The highest BCUT2D eigenvalue weighted by atomic mass is 32.2. The molecule has 2 aromatic rings. The van der Waals surface area contributed by atoms with Crippen LogP contribution in [0.5, 0.6) is 0 Å². The van der Waals surface area contributed by atoms with E-state index >= 15 is 0 Å². The summed E-state index contributed by atoms with van der Waals surface area (Å²) in [5.74, 6) is -4.66. The summed E-state index contributed by atoms with van der Waals surface area (Å²) in [6, 6.07) is 8.00. The third kappa shape index (κ3) is 3.84. The number of halogens is 3. The lowest BCUT2D eigenvalue weighted by Gasteiger charge is -2.32. The van der Waals surface area contributed by atoms with Crippen LogP contribution in [-0.4, -0.2) is 33.2 Å². The molecule has 1 heterocycles. The van der Waals surface area contributed by atoms with Crippen LogP contribution >= 0.6 is 0 Å². The number of hydrogen-bond acceptors (Lipinski definition) is 4. The minimum absolute atomic E-state index is 0.226. The third-order valence-electron chi connectivity index (χ3n) is 4.68. The topological polar surface area (TPSA) is 66.5 Å². The number of rotatable bonds is 5. The highest BCUT2D eigenvalue weighted by Gasteiger charge is 2.30. The predicted molar refractivity (Wildman–Crippen MR) is 99.9 cm³/mol. The highest BCUT2D eigenvalue weighted by molar-refractivity contribution is 7.91. The van der Waals surface area contributed by atoms with Gasteiger partial charge in [0.05, 0.1) is 22.8 Å². The molecule has 28 heavy (non-hydrogen) atoms. The molecule has 0 aliphatic carbocycles. The fourth-order valence-electron chi connectivity index (χ4n) is 3.36. The maximum atomic E-state index is 14.4. The molecule has 2 aromatic carbocycles. The zero-order chi connectivity index (χ0) is 20.5. The van der Waals surface area contributed by atoms with Crippen molar-refractivity contribution < 1.29 is 26.4 Å². The van der Waals surface area contributed by atoms with Gasteiger partial charge in [0.25, 0.3) is 0 Å². The Morgan fingerprint density at radius 3 is 2.64 bits per heavy atom. The molecule has 3 rings (SSSR count). The molecule has 1 aliphatic heterocycles. The predicted octanol–water partition coefficient (Wildman–Crippen LogP) is 3.52. The van der Waals surface area contributed by atoms with Gasteiger partial charge >= 0.3 is 5.76 Å². The molecule has 5 nitrogen and oxygen atoms in total. The lowest BCUT2D eigenvalue weighted by atomic mass is 9.96. The molecular weight excluding hydrogens is 393 g/mol. The molecule has 0 saturated heterocycles. The van der Waals surface area contributed by atoms with Crippen molar-refractivity contribution in [1.29, 1.82) is 0 Å². The molecule has 0 aromatic heterocycles. The molecule has 0 radical (unpaired) electrons. The molecule has 0 fully saturated rings. The molecular formula is C19H19F3N2O3S. The fourth-order valence-corrected chi connectivity index (χ4v) is 4.25. The van der Waals surface area contributed by atoms with Crippen LogP contribution in [0, 0.1) is 12.7 Å². The second-order valence-corrected chi connectivity index (χ2v) is 8.45. The molecule has 1 aliphatic rings. The fraction of sp³-hybridized carbons (Fsp3) is 0.316. The van der Waals surface area contributed by atoms with Crippen LogP contribution in [0.1, 0.15) is 17.5 Å². The maximum absolute atomic E-state index is 14.4. The Labute approximate surface area is 161 Å². The van der Waals surface area contributed by atoms with E-state index in [4.69, 9.17) is 0 Å². The lowest BCUT2D eigenvalue weighted by Crippen LogP contribution is -2.38. The highest BCUT2D eigenvalue weighted by Crippen LogP contribution is 2.32. The number of nitrogens with zero attached hydrogens (tertiary/aromatic N) is 1. The summed E-state index contributed by atoms with van der Waals surface area (Å²) in [6.07, 6.45) is 1.44. The van der Waals surface area contributed by atoms with Crippen LogP contribution < -0.4 is 10.2 Å². The lowest BCUT2D eigenvalue weighted by molar-refractivity contribution is -0.115. The van der Waals surface area contributed by atoms with Gasteiger partial charge in [-0.1, -0.05) is 18.2 Å². The van der Waals surface area contributed by atoms with Gasteiger partial charge in [0.15, 0.2) is 0 Å². The van der Waals surface area contributed by atoms with Gasteiger partial charge in [-0.3, -0.25) is 4.79 Å². The number of nitrogens with one attached hydrogen (secondary N) is 1. The van der Waals surface area contributed by atoms with E-state index in [2.05, 4.69) is 5.32 Å². The van der Waals surface area contributed by atoms with E-state index in [-0.39, 0.29) is 12.2 Å². The number of aryl methyl sites for hydroxylation is 1. The number of fused-ring (bicyclic) bond motifs is 1. The van der Waals surface area contributed by atoms with Gasteiger partial charge in [-0.05, 0) is 49.1 Å². The SMILES string of the molecule is Cc1ccc(F)c2c1CCCN2CC(=O)Nc1ccccc1S(=O)(=O)C(F)F. The number of carbonyl (C=O) groups excluding carboxylic acids is 1. The molecule has 0 spiro atoms. The Hall–Kier alpha value is -2.55. The molecule has 0 bridgehead atoms. The quantitative estimate of drug-likeness (QED) is 0.816. The number of alkyl halides is 2. The average Bonchev–Trinajstić information content (AvgIpc) is 2.65. The maximum Gasteiger partial charge on any atom is 0.341 e. The summed E-state index contributed by atoms with van der Waals surface area (Å²) in [6.45, 7) is 2.10. The van der Waals surface area contributed by atoms with Crippen LogP contribution in [0.3, 0.4) is 0 Å². The minimum atomic E-state index is -4.87. The number of benzene rings is 2. The van der Waals surface area contributed by atoms with Crippen LogP contribution in [0.25, 0.3) is 0 Å². The Bertz CT molecular complexity index is 1010. The molecule has 1 N–H and O–H groups in total. The van der Waals surface area contributed by atoms with E-state index in [1.54, 1.807) is 11.0 Å². The van der Waals surface area contributed by atoms with Crippen molar-refractivity contribution in [2.24, 2.45) is 0 Å². The Balaban J connectivity index is 1.84. The van der Waals surface area contributed by atoms with Gasteiger partial charge in [-0.2, -0.15) is 8.78 Å². The van der Waals surface area contributed by atoms with Crippen LogP contribution in [0.2, 0.25) is 0 Å². The second kappa shape index (κ2) is 7.83. The third-order valence-corrected chi connectivity index (χ3v) is 6.11. The van der Waals surface area contributed by atoms with E-state index in [0.29, 0.717) is 18.7 Å². The van der Waals surface area contributed by atoms with Crippen molar-refractivity contribution in [2.75, 3.05) is 23.3 Å². The van der Waals surface area contributed by atoms with E-state index in [1.165, 1.54) is 24.3 Å². The number of amides is 1. The van der Waals surface area contributed by atoms with Crippen molar-refractivity contribution in [3.63, 3.8) is 0 Å². The molecule has 150 valence electrons. The summed E-state index contributed by atoms with van der Waals surface area (Å²) < 4.78 is 63.7. The summed E-state index contributed by atoms with van der Waals surface area (Å²) in [7, 11) is -4.87. The number of sulfone groups is 1. The zero-order valence-electron chi connectivity index (χ0n) is 15.1.